The standard InChI is InChI=1S/C24H19Cl2N3O4S/c25-14-8-10-22(20(26)12-14)28-34(32,33)15-9-11-21-19(13-15)16-5-3-6-17(16)24(27-21)18-4-1-2-7-23(18)29(30)31/h1-5,7-13,16-17,24,27-28H,6H2/t16-,17+,24-/m0/s1. The van der Waals surface area contributed by atoms with Crippen molar-refractivity contribution in [2.24, 2.45) is 5.92 Å². The number of hydrogen-bond acceptors (Lipinski definition) is 5. The zero-order chi connectivity index (χ0) is 24.0. The highest BCUT2D eigenvalue weighted by Gasteiger charge is 2.40. The first kappa shape index (κ1) is 22.7. The van der Waals surface area contributed by atoms with Gasteiger partial charge in [0.05, 0.1) is 32.1 Å². The number of halogens is 2. The van der Waals surface area contributed by atoms with Crippen LogP contribution in [0.5, 0.6) is 0 Å². The van der Waals surface area contributed by atoms with Crippen molar-refractivity contribution in [3.05, 3.63) is 104 Å². The largest absolute Gasteiger partial charge is 0.377 e. The molecule has 1 aliphatic heterocycles. The topological polar surface area (TPSA) is 101 Å². The monoisotopic (exact) mass is 515 g/mol. The van der Waals surface area contributed by atoms with Crippen LogP contribution >= 0.6 is 23.2 Å². The van der Waals surface area contributed by atoms with Crippen molar-refractivity contribution >= 4 is 50.3 Å². The fourth-order valence-corrected chi connectivity index (χ4v) is 6.37. The second kappa shape index (κ2) is 8.61. The highest BCUT2D eigenvalue weighted by molar-refractivity contribution is 7.92. The number of anilines is 2. The van der Waals surface area contributed by atoms with Gasteiger partial charge in [-0.3, -0.25) is 14.8 Å². The summed E-state index contributed by atoms with van der Waals surface area (Å²) in [5.74, 6) is -0.0550. The Morgan fingerprint density at radius 2 is 1.82 bits per heavy atom. The van der Waals surface area contributed by atoms with Crippen LogP contribution in [0.1, 0.15) is 29.5 Å². The molecule has 2 aliphatic rings. The molecule has 0 unspecified atom stereocenters. The van der Waals surface area contributed by atoms with Crippen molar-refractivity contribution in [3.8, 4) is 0 Å². The molecule has 1 aliphatic carbocycles. The molecule has 34 heavy (non-hydrogen) atoms. The third kappa shape index (κ3) is 4.02. The zero-order valence-electron chi connectivity index (χ0n) is 17.6. The highest BCUT2D eigenvalue weighted by Crippen LogP contribution is 2.51. The molecular formula is C24H19Cl2N3O4S. The Morgan fingerprint density at radius 1 is 1.03 bits per heavy atom. The van der Waals surface area contributed by atoms with E-state index in [1.54, 1.807) is 36.4 Å². The van der Waals surface area contributed by atoms with E-state index in [2.05, 4.69) is 10.0 Å². The molecule has 7 nitrogen and oxygen atoms in total. The number of nitro benzene ring substituents is 1. The lowest BCUT2D eigenvalue weighted by Gasteiger charge is -2.37. The molecule has 0 spiro atoms. The molecule has 3 aromatic rings. The maximum atomic E-state index is 13.1. The van der Waals surface area contributed by atoms with Crippen molar-refractivity contribution in [1.29, 1.82) is 0 Å². The van der Waals surface area contributed by atoms with Crippen LogP contribution in [0.4, 0.5) is 17.1 Å². The van der Waals surface area contributed by atoms with Crippen molar-refractivity contribution < 1.29 is 13.3 Å². The molecular weight excluding hydrogens is 497 g/mol. The minimum Gasteiger partial charge on any atom is -0.377 e. The van der Waals surface area contributed by atoms with Gasteiger partial charge in [0.15, 0.2) is 0 Å². The van der Waals surface area contributed by atoms with Crippen LogP contribution in [0.2, 0.25) is 10.0 Å². The number of fused-ring (bicyclic) bond motifs is 3. The summed E-state index contributed by atoms with van der Waals surface area (Å²) >= 11 is 12.0. The second-order valence-electron chi connectivity index (χ2n) is 8.27. The van der Waals surface area contributed by atoms with E-state index in [1.807, 2.05) is 12.2 Å². The summed E-state index contributed by atoms with van der Waals surface area (Å²) in [4.78, 5) is 11.4. The van der Waals surface area contributed by atoms with Gasteiger partial charge in [0, 0.05) is 22.7 Å². The molecule has 0 saturated carbocycles. The molecule has 10 heteroatoms. The first-order chi connectivity index (χ1) is 16.2. The van der Waals surface area contributed by atoms with Crippen LogP contribution in [-0.2, 0) is 10.0 Å². The molecule has 0 saturated heterocycles. The number of allylic oxidation sites excluding steroid dienone is 2. The zero-order valence-corrected chi connectivity index (χ0v) is 19.9. The smallest absolute Gasteiger partial charge is 0.274 e. The summed E-state index contributed by atoms with van der Waals surface area (Å²) in [7, 11) is -3.91. The van der Waals surface area contributed by atoms with Crippen LogP contribution in [-0.4, -0.2) is 13.3 Å². The number of nitrogens with one attached hydrogen (secondary N) is 2. The first-order valence-corrected chi connectivity index (χ1v) is 12.8. The Labute approximate surface area is 206 Å². The summed E-state index contributed by atoms with van der Waals surface area (Å²) in [6.07, 6.45) is 4.82. The Kier molecular flexibility index (Phi) is 5.75. The lowest BCUT2D eigenvalue weighted by molar-refractivity contribution is -0.385. The van der Waals surface area contributed by atoms with Crippen molar-refractivity contribution in [3.63, 3.8) is 0 Å². The van der Waals surface area contributed by atoms with E-state index in [9.17, 15) is 18.5 Å². The Morgan fingerprint density at radius 3 is 2.59 bits per heavy atom. The number of sulfonamides is 1. The normalized spacial score (nSPS) is 20.8. The fourth-order valence-electron chi connectivity index (χ4n) is 4.74. The molecule has 3 atom stereocenters. The van der Waals surface area contributed by atoms with Crippen LogP contribution in [0.25, 0.3) is 0 Å². The third-order valence-electron chi connectivity index (χ3n) is 6.29. The number of rotatable bonds is 5. The number of hydrogen-bond donors (Lipinski definition) is 2. The first-order valence-electron chi connectivity index (χ1n) is 10.5. The van der Waals surface area contributed by atoms with Gasteiger partial charge in [-0.15, -0.1) is 0 Å². The Balaban J connectivity index is 1.51. The number of benzene rings is 3. The summed E-state index contributed by atoms with van der Waals surface area (Å²) in [6.45, 7) is 0. The molecule has 1 heterocycles. The SMILES string of the molecule is O=[N+]([O-])c1ccccc1[C@H]1Nc2ccc(S(=O)(=O)Nc3ccc(Cl)cc3Cl)cc2[C@H]2C=CC[C@H]21. The molecule has 0 radical (unpaired) electrons. The van der Waals surface area contributed by atoms with Gasteiger partial charge in [0.2, 0.25) is 0 Å². The van der Waals surface area contributed by atoms with E-state index < -0.39 is 10.0 Å². The van der Waals surface area contributed by atoms with Crippen LogP contribution in [0.3, 0.4) is 0 Å². The predicted molar refractivity (Wildman–Crippen MR) is 133 cm³/mol. The van der Waals surface area contributed by atoms with E-state index in [-0.39, 0.29) is 44.1 Å². The van der Waals surface area contributed by atoms with E-state index >= 15 is 0 Å². The molecule has 174 valence electrons. The summed E-state index contributed by atoms with van der Waals surface area (Å²) in [5, 5.41) is 15.6. The molecule has 0 bridgehead atoms. The van der Waals surface area contributed by atoms with Gasteiger partial charge in [0.25, 0.3) is 15.7 Å². The van der Waals surface area contributed by atoms with Crippen LogP contribution in [0, 0.1) is 16.0 Å². The fraction of sp³-hybridized carbons (Fsp3) is 0.167. The average Bonchev–Trinajstić information content (AvgIpc) is 3.30. The van der Waals surface area contributed by atoms with Gasteiger partial charge in [0.1, 0.15) is 0 Å². The maximum Gasteiger partial charge on any atom is 0.274 e. The molecule has 5 rings (SSSR count). The summed E-state index contributed by atoms with van der Waals surface area (Å²) in [6, 6.07) is 15.8. The maximum absolute atomic E-state index is 13.1. The number of nitrogens with zero attached hydrogens (tertiary/aromatic N) is 1. The number of nitro groups is 1. The summed E-state index contributed by atoms with van der Waals surface area (Å²) in [5.41, 5.74) is 2.50. The lowest BCUT2D eigenvalue weighted by atomic mass is 9.76. The highest BCUT2D eigenvalue weighted by atomic mass is 35.5. The molecule has 0 amide bonds. The minimum absolute atomic E-state index is 0.0187. The lowest BCUT2D eigenvalue weighted by Crippen LogP contribution is -2.30. The van der Waals surface area contributed by atoms with Crippen LogP contribution < -0.4 is 10.0 Å². The third-order valence-corrected chi connectivity index (χ3v) is 8.20. The average molecular weight is 516 g/mol. The molecule has 0 aromatic heterocycles. The molecule has 2 N–H and O–H groups in total. The van der Waals surface area contributed by atoms with E-state index in [1.165, 1.54) is 24.3 Å². The van der Waals surface area contributed by atoms with Gasteiger partial charge in [-0.05, 0) is 54.3 Å². The van der Waals surface area contributed by atoms with Crippen molar-refractivity contribution in [2.75, 3.05) is 10.0 Å². The van der Waals surface area contributed by atoms with Gasteiger partial charge in [-0.2, -0.15) is 0 Å². The number of para-hydroxylation sites is 1. The van der Waals surface area contributed by atoms with E-state index in [4.69, 9.17) is 23.2 Å². The molecule has 0 fully saturated rings. The minimum atomic E-state index is -3.91. The Bertz CT molecular complexity index is 1440. The Hall–Kier alpha value is -3.07. The van der Waals surface area contributed by atoms with Crippen molar-refractivity contribution in [2.45, 2.75) is 23.3 Å². The predicted octanol–water partition coefficient (Wildman–Crippen LogP) is 6.53. The van der Waals surface area contributed by atoms with Gasteiger partial charge < -0.3 is 5.32 Å². The van der Waals surface area contributed by atoms with Gasteiger partial charge in [-0.25, -0.2) is 8.42 Å². The van der Waals surface area contributed by atoms with Gasteiger partial charge in [-0.1, -0.05) is 53.6 Å². The second-order valence-corrected chi connectivity index (χ2v) is 10.8. The van der Waals surface area contributed by atoms with E-state index in [0.29, 0.717) is 10.6 Å². The van der Waals surface area contributed by atoms with Crippen LogP contribution in [0.15, 0.2) is 77.7 Å². The van der Waals surface area contributed by atoms with E-state index in [0.717, 1.165) is 17.7 Å². The quantitative estimate of drug-likeness (QED) is 0.228. The summed E-state index contributed by atoms with van der Waals surface area (Å²) < 4.78 is 28.7. The van der Waals surface area contributed by atoms with Crippen molar-refractivity contribution in [1.82, 2.24) is 0 Å². The molecule has 3 aromatic carbocycles. The van der Waals surface area contributed by atoms with Gasteiger partial charge >= 0.3 is 0 Å².